The minimum absolute atomic E-state index is 0.561. The van der Waals surface area contributed by atoms with E-state index < -0.39 is 0 Å². The van der Waals surface area contributed by atoms with E-state index in [1.54, 1.807) is 0 Å². The van der Waals surface area contributed by atoms with Gasteiger partial charge in [0, 0.05) is 43.8 Å². The van der Waals surface area contributed by atoms with Crippen molar-refractivity contribution in [2.45, 2.75) is 0 Å². The summed E-state index contributed by atoms with van der Waals surface area (Å²) in [7, 11) is 0. The van der Waals surface area contributed by atoms with E-state index >= 15 is 0 Å². The number of rotatable bonds is 6. The van der Waals surface area contributed by atoms with E-state index in [1.165, 1.54) is 10.9 Å². The van der Waals surface area contributed by atoms with Crippen LogP contribution in [-0.2, 0) is 0 Å². The molecule has 12 rings (SSSR count). The van der Waals surface area contributed by atoms with Crippen LogP contribution in [0.25, 0.3) is 122 Å². The second-order valence-electron chi connectivity index (χ2n) is 15.1. The Hall–Kier alpha value is -8.15. The highest BCUT2D eigenvalue weighted by Gasteiger charge is 2.22. The largest absolute Gasteiger partial charge is 0.456 e. The van der Waals surface area contributed by atoms with Crippen LogP contribution in [0.15, 0.2) is 209 Å². The summed E-state index contributed by atoms with van der Waals surface area (Å²) in [6, 6.07) is 69.3. The zero-order valence-corrected chi connectivity index (χ0v) is 32.2. The number of para-hydroxylation sites is 2. The highest BCUT2D eigenvalue weighted by molar-refractivity contribution is 6.16. The highest BCUT2D eigenvalue weighted by atomic mass is 16.3. The van der Waals surface area contributed by atoms with Crippen LogP contribution in [0, 0.1) is 0 Å². The number of hydrogen-bond donors (Lipinski definition) is 0. The number of aromatic nitrogens is 3. The van der Waals surface area contributed by atoms with Gasteiger partial charge < -0.3 is 8.83 Å². The van der Waals surface area contributed by atoms with E-state index in [9.17, 15) is 0 Å². The predicted molar refractivity (Wildman–Crippen MR) is 245 cm³/mol. The number of benzene rings is 9. The van der Waals surface area contributed by atoms with Crippen LogP contribution in [0.2, 0.25) is 0 Å². The van der Waals surface area contributed by atoms with Crippen molar-refractivity contribution in [1.29, 1.82) is 0 Å². The second-order valence-corrected chi connectivity index (χ2v) is 15.1. The Bertz CT molecular complexity index is 3590. The van der Waals surface area contributed by atoms with Crippen LogP contribution in [0.3, 0.4) is 0 Å². The lowest BCUT2D eigenvalue weighted by Gasteiger charge is -2.13. The lowest BCUT2D eigenvalue weighted by Crippen LogP contribution is -2.00. The van der Waals surface area contributed by atoms with E-state index in [2.05, 4.69) is 152 Å². The fourth-order valence-electron chi connectivity index (χ4n) is 8.63. The summed E-state index contributed by atoms with van der Waals surface area (Å²) in [5, 5.41) is 6.37. The first-order valence-corrected chi connectivity index (χ1v) is 20.1. The van der Waals surface area contributed by atoms with Gasteiger partial charge in [-0.3, -0.25) is 0 Å². The van der Waals surface area contributed by atoms with E-state index in [4.69, 9.17) is 23.8 Å². The summed E-state index contributed by atoms with van der Waals surface area (Å²) >= 11 is 0. The van der Waals surface area contributed by atoms with Crippen LogP contribution in [-0.4, -0.2) is 15.0 Å². The zero-order chi connectivity index (χ0) is 39.6. The normalized spacial score (nSPS) is 11.7. The van der Waals surface area contributed by atoms with Crippen LogP contribution in [0.5, 0.6) is 0 Å². The molecule has 3 heterocycles. The molecule has 0 unspecified atom stereocenters. The van der Waals surface area contributed by atoms with E-state index in [0.717, 1.165) is 93.8 Å². The molecule has 0 N–H and O–H groups in total. The fraction of sp³-hybridized carbons (Fsp3) is 0. The van der Waals surface area contributed by atoms with Gasteiger partial charge in [0.25, 0.3) is 0 Å². The molecule has 0 fully saturated rings. The van der Waals surface area contributed by atoms with Crippen LogP contribution in [0.1, 0.15) is 0 Å². The highest BCUT2D eigenvalue weighted by Crippen LogP contribution is 2.44. The SMILES string of the molecule is c1ccc(-c2ccc(-c3nc(-c4ccc5oc6ccccc6c5c4)nc(-c4ccc(-c5cc(-c6ccccc6)c6ccccc6c5)c5oc6ccccc6c45)n3)cc2)cc1. The van der Waals surface area contributed by atoms with Crippen molar-refractivity contribution >= 4 is 54.6 Å². The van der Waals surface area contributed by atoms with E-state index in [-0.39, 0.29) is 0 Å². The number of nitrogens with zero attached hydrogens (tertiary/aromatic N) is 3. The molecule has 3 aromatic heterocycles. The summed E-state index contributed by atoms with van der Waals surface area (Å²) in [5.41, 5.74) is 12.5. The fourth-order valence-corrected chi connectivity index (χ4v) is 8.63. The summed E-state index contributed by atoms with van der Waals surface area (Å²) in [6.45, 7) is 0. The van der Waals surface area contributed by atoms with Gasteiger partial charge in [-0.2, -0.15) is 0 Å². The number of fused-ring (bicyclic) bond motifs is 7. The molecule has 0 radical (unpaired) electrons. The molecule has 0 aliphatic rings. The summed E-state index contributed by atoms with van der Waals surface area (Å²) in [4.78, 5) is 15.7. The molecule has 0 bridgehead atoms. The van der Waals surface area contributed by atoms with Crippen molar-refractivity contribution < 1.29 is 8.83 Å². The number of hydrogen-bond acceptors (Lipinski definition) is 5. The third-order valence-corrected chi connectivity index (χ3v) is 11.5. The predicted octanol–water partition coefficient (Wildman–Crippen LogP) is 14.8. The topological polar surface area (TPSA) is 65.0 Å². The Balaban J connectivity index is 1.08. The zero-order valence-electron chi connectivity index (χ0n) is 32.2. The average molecular weight is 768 g/mol. The average Bonchev–Trinajstić information content (AvgIpc) is 3.90. The molecule has 5 nitrogen and oxygen atoms in total. The summed E-state index contributed by atoms with van der Waals surface area (Å²) in [6.07, 6.45) is 0. The van der Waals surface area contributed by atoms with Gasteiger partial charge in [-0.05, 0) is 93.2 Å². The molecule has 0 saturated heterocycles. The molecule has 0 aliphatic carbocycles. The molecular weight excluding hydrogens is 735 g/mol. The first-order chi connectivity index (χ1) is 29.7. The van der Waals surface area contributed by atoms with Gasteiger partial charge in [0.15, 0.2) is 17.5 Å². The molecular formula is C55H33N3O2. The monoisotopic (exact) mass is 767 g/mol. The third kappa shape index (κ3) is 5.67. The van der Waals surface area contributed by atoms with Crippen LogP contribution in [0.4, 0.5) is 0 Å². The maximum Gasteiger partial charge on any atom is 0.164 e. The molecule has 5 heteroatoms. The van der Waals surface area contributed by atoms with Gasteiger partial charge in [0.05, 0.1) is 0 Å². The van der Waals surface area contributed by atoms with Gasteiger partial charge >= 0.3 is 0 Å². The first kappa shape index (κ1) is 33.9. The molecule has 0 aliphatic heterocycles. The molecule has 0 amide bonds. The molecule has 60 heavy (non-hydrogen) atoms. The minimum atomic E-state index is 0.561. The van der Waals surface area contributed by atoms with Crippen molar-refractivity contribution in [2.24, 2.45) is 0 Å². The third-order valence-electron chi connectivity index (χ3n) is 11.5. The van der Waals surface area contributed by atoms with E-state index in [0.29, 0.717) is 17.5 Å². The Kier molecular flexibility index (Phi) is 7.78. The van der Waals surface area contributed by atoms with Crippen molar-refractivity contribution in [3.8, 4) is 67.5 Å². The maximum absolute atomic E-state index is 6.84. The van der Waals surface area contributed by atoms with Crippen molar-refractivity contribution in [3.05, 3.63) is 200 Å². The molecule has 280 valence electrons. The van der Waals surface area contributed by atoms with Crippen molar-refractivity contribution in [2.75, 3.05) is 0 Å². The molecule has 0 atom stereocenters. The molecule has 9 aromatic carbocycles. The van der Waals surface area contributed by atoms with Gasteiger partial charge in [0.1, 0.15) is 22.3 Å². The van der Waals surface area contributed by atoms with Gasteiger partial charge in [0.2, 0.25) is 0 Å². The summed E-state index contributed by atoms with van der Waals surface area (Å²) in [5.74, 6) is 1.71. The quantitative estimate of drug-likeness (QED) is 0.169. The van der Waals surface area contributed by atoms with Crippen LogP contribution >= 0.6 is 0 Å². The Morgan fingerprint density at radius 3 is 1.62 bits per heavy atom. The standard InChI is InChI=1S/C55H33N3O2/c1-3-13-34(14-4-1)35-23-25-37(26-24-35)53-56-54(39-27-30-50-47(32-39)43-19-9-11-21-48(43)59-50)58-55(57-53)45-29-28-42(52-51(45)44-20-10-12-22-49(44)60-52)40-31-38-17-7-8-18-41(38)46(33-40)36-15-5-2-6-16-36/h1-33H. The summed E-state index contributed by atoms with van der Waals surface area (Å²) < 4.78 is 13.0. The molecule has 0 saturated carbocycles. The first-order valence-electron chi connectivity index (χ1n) is 20.1. The van der Waals surface area contributed by atoms with Gasteiger partial charge in [-0.25, -0.2) is 15.0 Å². The number of furan rings is 2. The second kappa shape index (κ2) is 13.8. The molecule has 12 aromatic rings. The van der Waals surface area contributed by atoms with Crippen LogP contribution < -0.4 is 0 Å². The smallest absolute Gasteiger partial charge is 0.164 e. The van der Waals surface area contributed by atoms with Gasteiger partial charge in [-0.1, -0.05) is 146 Å². The Labute approximate surface area is 344 Å². The van der Waals surface area contributed by atoms with Crippen molar-refractivity contribution in [3.63, 3.8) is 0 Å². The molecule has 0 spiro atoms. The Morgan fingerprint density at radius 1 is 0.283 bits per heavy atom. The lowest BCUT2D eigenvalue weighted by molar-refractivity contribution is 0.669. The lowest BCUT2D eigenvalue weighted by atomic mass is 9.91. The minimum Gasteiger partial charge on any atom is -0.456 e. The maximum atomic E-state index is 6.84. The Morgan fingerprint density at radius 2 is 0.833 bits per heavy atom. The van der Waals surface area contributed by atoms with E-state index in [1.807, 2.05) is 48.5 Å². The van der Waals surface area contributed by atoms with Gasteiger partial charge in [-0.15, -0.1) is 0 Å². The van der Waals surface area contributed by atoms with Crippen molar-refractivity contribution in [1.82, 2.24) is 15.0 Å².